The number of hydrogen-bond acceptors (Lipinski definition) is 7. The van der Waals surface area contributed by atoms with Crippen LogP contribution in [0.1, 0.15) is 32.6 Å². The Kier molecular flexibility index (Phi) is 5.16. The highest BCUT2D eigenvalue weighted by Crippen LogP contribution is 2.50. The molecule has 2 amide bonds. The lowest BCUT2D eigenvalue weighted by Gasteiger charge is -2.38. The first-order valence-corrected chi connectivity index (χ1v) is 12.7. The number of fused-ring (bicyclic) bond motifs is 1. The number of amides is 2. The second-order valence-electron chi connectivity index (χ2n) is 9.68. The van der Waals surface area contributed by atoms with Gasteiger partial charge in [-0.05, 0) is 50.2 Å². The fourth-order valence-electron chi connectivity index (χ4n) is 5.41. The zero-order valence-electron chi connectivity index (χ0n) is 18.4. The van der Waals surface area contributed by atoms with Crippen molar-refractivity contribution in [2.75, 3.05) is 29.5 Å². The van der Waals surface area contributed by atoms with Crippen molar-refractivity contribution in [2.24, 2.45) is 17.3 Å². The van der Waals surface area contributed by atoms with E-state index in [-0.39, 0.29) is 23.7 Å². The second kappa shape index (κ2) is 7.96. The van der Waals surface area contributed by atoms with Crippen LogP contribution in [0.2, 0.25) is 5.02 Å². The number of hydrogen-bond donors (Lipinski definition) is 0. The SMILES string of the molecule is C[C@H]1CC2(CCN(c3cnc(Sc4cccc(N5C(=O)C6CC6C5=O)c4Cl)cn3)CC2)CO1. The Labute approximate surface area is 201 Å². The molecule has 4 fully saturated rings. The minimum atomic E-state index is -0.155. The number of aromatic nitrogens is 2. The van der Waals surface area contributed by atoms with Gasteiger partial charge in [0.25, 0.3) is 0 Å². The van der Waals surface area contributed by atoms with Gasteiger partial charge in [-0.15, -0.1) is 0 Å². The molecular weight excluding hydrogens is 460 g/mol. The van der Waals surface area contributed by atoms with Gasteiger partial charge in [-0.25, -0.2) is 14.9 Å². The molecule has 4 heterocycles. The zero-order valence-corrected chi connectivity index (χ0v) is 19.9. The summed E-state index contributed by atoms with van der Waals surface area (Å²) >= 11 is 8.00. The molecule has 2 aromatic rings. The quantitative estimate of drug-likeness (QED) is 0.602. The molecule has 6 rings (SSSR count). The number of anilines is 2. The predicted molar refractivity (Wildman–Crippen MR) is 126 cm³/mol. The third-order valence-electron chi connectivity index (χ3n) is 7.42. The number of carbonyl (C=O) groups excluding carboxylic acids is 2. The molecule has 172 valence electrons. The first-order chi connectivity index (χ1) is 15.9. The van der Waals surface area contributed by atoms with Gasteiger partial charge in [0, 0.05) is 18.0 Å². The van der Waals surface area contributed by atoms with Crippen molar-refractivity contribution < 1.29 is 14.3 Å². The number of nitrogens with zero attached hydrogens (tertiary/aromatic N) is 4. The smallest absolute Gasteiger partial charge is 0.237 e. The van der Waals surface area contributed by atoms with E-state index in [9.17, 15) is 9.59 Å². The van der Waals surface area contributed by atoms with E-state index in [0.29, 0.717) is 33.7 Å². The molecule has 9 heteroatoms. The lowest BCUT2D eigenvalue weighted by atomic mass is 9.77. The summed E-state index contributed by atoms with van der Waals surface area (Å²) in [5.74, 6) is 0.295. The van der Waals surface area contributed by atoms with E-state index in [1.807, 2.05) is 18.3 Å². The normalized spacial score (nSPS) is 28.0. The van der Waals surface area contributed by atoms with Crippen LogP contribution in [0.5, 0.6) is 0 Å². The van der Waals surface area contributed by atoms with Crippen LogP contribution < -0.4 is 9.80 Å². The molecule has 1 aliphatic carbocycles. The van der Waals surface area contributed by atoms with Gasteiger partial charge in [-0.3, -0.25) is 9.59 Å². The molecule has 2 unspecified atom stereocenters. The van der Waals surface area contributed by atoms with Crippen LogP contribution in [0, 0.1) is 17.3 Å². The highest BCUT2D eigenvalue weighted by molar-refractivity contribution is 7.99. The molecule has 1 aromatic heterocycles. The van der Waals surface area contributed by atoms with Gasteiger partial charge in [0.1, 0.15) is 10.8 Å². The standard InChI is InChI=1S/C24H25ClN4O3S/c1-14-10-24(13-32-14)5-7-28(8-6-24)19-11-27-20(12-26-19)33-18-4-2-3-17(21(18)25)29-22(30)15-9-16(15)23(29)31/h2-4,11-12,14-16H,5-10,13H2,1H3/t14-,15?,16?/m0/s1. The van der Waals surface area contributed by atoms with E-state index in [2.05, 4.69) is 21.8 Å². The van der Waals surface area contributed by atoms with Crippen LogP contribution in [0.15, 0.2) is 40.5 Å². The first kappa shape index (κ1) is 21.4. The van der Waals surface area contributed by atoms with Crippen molar-refractivity contribution >= 4 is 46.7 Å². The monoisotopic (exact) mass is 484 g/mol. The fourth-order valence-corrected chi connectivity index (χ4v) is 6.52. The fraction of sp³-hybridized carbons (Fsp3) is 0.500. The molecule has 4 aliphatic rings. The summed E-state index contributed by atoms with van der Waals surface area (Å²) in [6.07, 6.45) is 8.00. The molecule has 3 saturated heterocycles. The Hall–Kier alpha value is -2.16. The van der Waals surface area contributed by atoms with E-state index in [1.54, 1.807) is 12.3 Å². The highest BCUT2D eigenvalue weighted by Gasteiger charge is 2.59. The maximum absolute atomic E-state index is 12.5. The van der Waals surface area contributed by atoms with Crippen molar-refractivity contribution in [1.82, 2.24) is 9.97 Å². The maximum Gasteiger partial charge on any atom is 0.237 e. The van der Waals surface area contributed by atoms with Gasteiger partial charge in [-0.1, -0.05) is 29.4 Å². The van der Waals surface area contributed by atoms with Crippen LogP contribution >= 0.6 is 23.4 Å². The van der Waals surface area contributed by atoms with Crippen molar-refractivity contribution in [3.63, 3.8) is 0 Å². The molecule has 1 saturated carbocycles. The van der Waals surface area contributed by atoms with Crippen LogP contribution in [-0.2, 0) is 14.3 Å². The number of carbonyl (C=O) groups is 2. The summed E-state index contributed by atoms with van der Waals surface area (Å²) in [6.45, 7) is 4.96. The van der Waals surface area contributed by atoms with Gasteiger partial charge in [0.2, 0.25) is 11.8 Å². The summed E-state index contributed by atoms with van der Waals surface area (Å²) in [6, 6.07) is 5.40. The molecule has 3 aliphatic heterocycles. The minimum Gasteiger partial charge on any atom is -0.378 e. The van der Waals surface area contributed by atoms with Crippen molar-refractivity contribution in [1.29, 1.82) is 0 Å². The Morgan fingerprint density at radius 3 is 2.52 bits per heavy atom. The van der Waals surface area contributed by atoms with Crippen LogP contribution in [0.3, 0.4) is 0 Å². The molecule has 0 radical (unpaired) electrons. The van der Waals surface area contributed by atoms with Gasteiger partial charge < -0.3 is 9.64 Å². The maximum atomic E-state index is 12.5. The van der Waals surface area contributed by atoms with Crippen molar-refractivity contribution in [3.8, 4) is 0 Å². The van der Waals surface area contributed by atoms with Gasteiger partial charge in [0.05, 0.1) is 47.7 Å². The number of piperidine rings is 2. The Bertz CT molecular complexity index is 1100. The topological polar surface area (TPSA) is 75.6 Å². The average molecular weight is 485 g/mol. The molecule has 1 aromatic carbocycles. The molecule has 7 nitrogen and oxygen atoms in total. The predicted octanol–water partition coefficient (Wildman–Crippen LogP) is 4.19. The Morgan fingerprint density at radius 2 is 1.88 bits per heavy atom. The third-order valence-corrected chi connectivity index (χ3v) is 8.91. The summed E-state index contributed by atoms with van der Waals surface area (Å²) in [5.41, 5.74) is 0.792. The summed E-state index contributed by atoms with van der Waals surface area (Å²) in [5, 5.41) is 1.11. The minimum absolute atomic E-state index is 0.139. The Morgan fingerprint density at radius 1 is 1.12 bits per heavy atom. The number of halogens is 1. The number of imide groups is 1. The molecule has 3 atom stereocenters. The highest BCUT2D eigenvalue weighted by atomic mass is 35.5. The van der Waals surface area contributed by atoms with Gasteiger partial charge in [-0.2, -0.15) is 0 Å². The van der Waals surface area contributed by atoms with Crippen LogP contribution in [-0.4, -0.2) is 47.6 Å². The largest absolute Gasteiger partial charge is 0.378 e. The average Bonchev–Trinajstić information content (AvgIpc) is 3.49. The zero-order chi connectivity index (χ0) is 22.7. The molecule has 1 spiro atoms. The van der Waals surface area contributed by atoms with Crippen molar-refractivity contribution in [2.45, 2.75) is 48.6 Å². The van der Waals surface area contributed by atoms with E-state index in [4.69, 9.17) is 16.3 Å². The lowest BCUT2D eigenvalue weighted by Crippen LogP contribution is -2.41. The van der Waals surface area contributed by atoms with E-state index < -0.39 is 0 Å². The number of rotatable bonds is 4. The van der Waals surface area contributed by atoms with E-state index in [0.717, 1.165) is 49.7 Å². The molecular formula is C24H25ClN4O3S. The van der Waals surface area contributed by atoms with E-state index in [1.165, 1.54) is 16.7 Å². The molecule has 0 N–H and O–H groups in total. The third kappa shape index (κ3) is 3.72. The second-order valence-corrected chi connectivity index (χ2v) is 11.1. The lowest BCUT2D eigenvalue weighted by molar-refractivity contribution is -0.123. The van der Waals surface area contributed by atoms with E-state index >= 15 is 0 Å². The summed E-state index contributed by atoms with van der Waals surface area (Å²) < 4.78 is 5.83. The van der Waals surface area contributed by atoms with Crippen LogP contribution in [0.25, 0.3) is 0 Å². The van der Waals surface area contributed by atoms with Crippen molar-refractivity contribution in [3.05, 3.63) is 35.6 Å². The molecule has 33 heavy (non-hydrogen) atoms. The number of benzene rings is 1. The summed E-state index contributed by atoms with van der Waals surface area (Å²) in [7, 11) is 0. The number of ether oxygens (including phenoxy) is 1. The molecule has 0 bridgehead atoms. The summed E-state index contributed by atoms with van der Waals surface area (Å²) in [4.78, 5) is 38.5. The van der Waals surface area contributed by atoms with Gasteiger partial charge in [0.15, 0.2) is 0 Å². The first-order valence-electron chi connectivity index (χ1n) is 11.5. The Balaban J connectivity index is 1.14. The van der Waals surface area contributed by atoms with Crippen LogP contribution in [0.4, 0.5) is 11.5 Å². The van der Waals surface area contributed by atoms with Gasteiger partial charge >= 0.3 is 0 Å².